The van der Waals surface area contributed by atoms with Crippen LogP contribution in [0.1, 0.15) is 25.0 Å². The van der Waals surface area contributed by atoms with Crippen LogP contribution in [0.5, 0.6) is 5.75 Å². The lowest BCUT2D eigenvalue weighted by Gasteiger charge is -2.24. The van der Waals surface area contributed by atoms with Gasteiger partial charge in [-0.2, -0.15) is 13.1 Å². The molecule has 0 amide bonds. The highest BCUT2D eigenvalue weighted by Gasteiger charge is 2.41. The fourth-order valence-corrected chi connectivity index (χ4v) is 2.76. The van der Waals surface area contributed by atoms with E-state index in [2.05, 4.69) is 4.72 Å². The van der Waals surface area contributed by atoms with Crippen molar-refractivity contribution in [3.05, 3.63) is 29.3 Å². The van der Waals surface area contributed by atoms with E-state index in [1.54, 1.807) is 7.11 Å². The van der Waals surface area contributed by atoms with Crippen LogP contribution in [0.15, 0.2) is 18.2 Å². The van der Waals surface area contributed by atoms with Crippen LogP contribution in [0.3, 0.4) is 0 Å². The normalized spacial score (nSPS) is 20.5. The fourth-order valence-electron chi connectivity index (χ4n) is 2.40. The highest BCUT2D eigenvalue weighted by atomic mass is 32.2. The average molecular weight is 301 g/mol. The van der Waals surface area contributed by atoms with Gasteiger partial charge in [0, 0.05) is 19.2 Å². The van der Waals surface area contributed by atoms with E-state index < -0.39 is 10.3 Å². The van der Waals surface area contributed by atoms with Crippen LogP contribution in [0.25, 0.3) is 0 Å². The minimum atomic E-state index is -4.14. The quantitative estimate of drug-likeness (QED) is 0.800. The fraction of sp³-hybridized carbons (Fsp3) is 0.538. The molecule has 112 valence electrons. The first-order valence-electron chi connectivity index (χ1n) is 6.29. The Morgan fingerprint density at radius 1 is 1.45 bits per heavy atom. The molecule has 20 heavy (non-hydrogen) atoms. The summed E-state index contributed by atoms with van der Waals surface area (Å²) < 4.78 is 42.9. The number of rotatable bonds is 5. The Morgan fingerprint density at radius 2 is 2.15 bits per heavy atom. The van der Waals surface area contributed by atoms with E-state index in [9.17, 15) is 8.42 Å². The summed E-state index contributed by atoms with van der Waals surface area (Å²) in [6.07, 6.45) is 0.157. The molecule has 1 heterocycles. The van der Waals surface area contributed by atoms with Crippen LogP contribution in [0.4, 0.5) is 0 Å². The van der Waals surface area contributed by atoms with Gasteiger partial charge in [-0.05, 0) is 31.9 Å². The zero-order valence-corrected chi connectivity index (χ0v) is 12.5. The molecular weight excluding hydrogens is 282 g/mol. The molecule has 0 spiro atoms. The standard InChI is InChI=1S/C13H19NO5S/c1-13(2)10-8-9(6-7-14-20(15,16)17)4-5-11(10)19-12(13)18-3/h4-5,8,12,14H,6-7H2,1-3H3,(H,15,16,17). The van der Waals surface area contributed by atoms with E-state index in [1.807, 2.05) is 32.0 Å². The molecule has 0 aromatic heterocycles. The van der Waals surface area contributed by atoms with Gasteiger partial charge in [-0.15, -0.1) is 0 Å². The third-order valence-corrected chi connectivity index (χ3v) is 4.04. The molecule has 0 bridgehead atoms. The maximum absolute atomic E-state index is 10.6. The Kier molecular flexibility index (Phi) is 4.06. The van der Waals surface area contributed by atoms with Crippen molar-refractivity contribution >= 4 is 10.3 Å². The van der Waals surface area contributed by atoms with E-state index >= 15 is 0 Å². The first kappa shape index (κ1) is 15.2. The Balaban J connectivity index is 2.13. The summed E-state index contributed by atoms with van der Waals surface area (Å²) >= 11 is 0. The summed E-state index contributed by atoms with van der Waals surface area (Å²) in [5, 5.41) is 0. The van der Waals surface area contributed by atoms with Gasteiger partial charge in [0.2, 0.25) is 6.29 Å². The summed E-state index contributed by atoms with van der Waals surface area (Å²) in [5.74, 6) is 0.785. The molecule has 0 aliphatic carbocycles. The van der Waals surface area contributed by atoms with Crippen molar-refractivity contribution in [2.24, 2.45) is 0 Å². The number of methoxy groups -OCH3 is 1. The lowest BCUT2D eigenvalue weighted by molar-refractivity contribution is -0.0779. The van der Waals surface area contributed by atoms with Gasteiger partial charge in [0.15, 0.2) is 0 Å². The van der Waals surface area contributed by atoms with E-state index in [4.69, 9.17) is 14.0 Å². The van der Waals surface area contributed by atoms with Crippen molar-refractivity contribution in [2.45, 2.75) is 32.0 Å². The number of hydrogen-bond donors (Lipinski definition) is 2. The average Bonchev–Trinajstić information content (AvgIpc) is 2.59. The van der Waals surface area contributed by atoms with Crippen LogP contribution in [-0.2, 0) is 26.9 Å². The van der Waals surface area contributed by atoms with Crippen LogP contribution in [0, 0.1) is 0 Å². The van der Waals surface area contributed by atoms with Crippen LogP contribution in [-0.4, -0.2) is 32.9 Å². The molecule has 1 unspecified atom stereocenters. The topological polar surface area (TPSA) is 84.9 Å². The number of nitrogens with one attached hydrogen (secondary N) is 1. The van der Waals surface area contributed by atoms with Gasteiger partial charge < -0.3 is 9.47 Å². The highest BCUT2D eigenvalue weighted by Crippen LogP contribution is 2.43. The van der Waals surface area contributed by atoms with E-state index in [0.717, 1.165) is 16.9 Å². The van der Waals surface area contributed by atoms with Crippen molar-refractivity contribution in [1.29, 1.82) is 0 Å². The Bertz CT molecular complexity index is 597. The SMILES string of the molecule is COC1Oc2ccc(CCNS(=O)(=O)O)cc2C1(C)C. The van der Waals surface area contributed by atoms with E-state index in [-0.39, 0.29) is 18.2 Å². The molecule has 0 radical (unpaired) electrons. The molecule has 1 aromatic carbocycles. The highest BCUT2D eigenvalue weighted by molar-refractivity contribution is 7.83. The minimum absolute atomic E-state index is 0.145. The molecular formula is C13H19NO5S. The van der Waals surface area contributed by atoms with Crippen LogP contribution < -0.4 is 9.46 Å². The second-order valence-electron chi connectivity index (χ2n) is 5.36. The van der Waals surface area contributed by atoms with Crippen LogP contribution in [0.2, 0.25) is 0 Å². The number of ether oxygens (including phenoxy) is 2. The molecule has 2 N–H and O–H groups in total. The van der Waals surface area contributed by atoms with E-state index in [0.29, 0.717) is 6.42 Å². The zero-order chi connectivity index (χ0) is 15.0. The molecule has 0 saturated heterocycles. The van der Waals surface area contributed by atoms with Gasteiger partial charge in [0.1, 0.15) is 5.75 Å². The smallest absolute Gasteiger partial charge is 0.333 e. The summed E-state index contributed by atoms with van der Waals surface area (Å²) in [4.78, 5) is 0. The molecule has 1 atom stereocenters. The summed E-state index contributed by atoms with van der Waals surface area (Å²) in [7, 11) is -2.53. The van der Waals surface area contributed by atoms with Gasteiger partial charge in [-0.25, -0.2) is 0 Å². The molecule has 7 heteroatoms. The van der Waals surface area contributed by atoms with Gasteiger partial charge in [-0.1, -0.05) is 12.1 Å². The van der Waals surface area contributed by atoms with Crippen molar-refractivity contribution in [3.8, 4) is 5.75 Å². The summed E-state index contributed by atoms with van der Waals surface area (Å²) in [6.45, 7) is 4.22. The van der Waals surface area contributed by atoms with E-state index in [1.165, 1.54) is 0 Å². The second-order valence-corrected chi connectivity index (χ2v) is 6.60. The summed E-state index contributed by atoms with van der Waals surface area (Å²) in [6, 6.07) is 5.72. The first-order valence-corrected chi connectivity index (χ1v) is 7.73. The third kappa shape index (κ3) is 3.12. The maximum Gasteiger partial charge on any atom is 0.333 e. The number of benzene rings is 1. The summed E-state index contributed by atoms with van der Waals surface area (Å²) in [5.41, 5.74) is 1.73. The second kappa shape index (κ2) is 5.33. The molecule has 1 aliphatic rings. The first-order chi connectivity index (χ1) is 9.24. The van der Waals surface area contributed by atoms with Crippen molar-refractivity contribution in [3.63, 3.8) is 0 Å². The largest absolute Gasteiger partial charge is 0.464 e. The van der Waals surface area contributed by atoms with Crippen molar-refractivity contribution in [1.82, 2.24) is 4.72 Å². The molecule has 2 rings (SSSR count). The Labute approximate surface area is 119 Å². The molecule has 1 aliphatic heterocycles. The van der Waals surface area contributed by atoms with Crippen LogP contribution >= 0.6 is 0 Å². The lowest BCUT2D eigenvalue weighted by atomic mass is 9.84. The maximum atomic E-state index is 10.6. The van der Waals surface area contributed by atoms with Crippen molar-refractivity contribution in [2.75, 3.05) is 13.7 Å². The molecule has 0 fully saturated rings. The molecule has 0 saturated carbocycles. The number of hydrogen-bond acceptors (Lipinski definition) is 4. The monoisotopic (exact) mass is 301 g/mol. The Hall–Kier alpha value is -1.15. The predicted molar refractivity (Wildman–Crippen MR) is 74.1 cm³/mol. The zero-order valence-electron chi connectivity index (χ0n) is 11.7. The predicted octanol–water partition coefficient (Wildman–Crippen LogP) is 1.26. The molecule has 6 nitrogen and oxygen atoms in total. The van der Waals surface area contributed by atoms with Gasteiger partial charge in [-0.3, -0.25) is 4.55 Å². The molecule has 1 aromatic rings. The Morgan fingerprint density at radius 3 is 2.75 bits per heavy atom. The number of fused-ring (bicyclic) bond motifs is 1. The van der Waals surface area contributed by atoms with Crippen molar-refractivity contribution < 1.29 is 22.4 Å². The van der Waals surface area contributed by atoms with Gasteiger partial charge in [0.05, 0.1) is 5.41 Å². The lowest BCUT2D eigenvalue weighted by Crippen LogP contribution is -2.33. The van der Waals surface area contributed by atoms with Gasteiger partial charge >= 0.3 is 10.3 Å². The van der Waals surface area contributed by atoms with Gasteiger partial charge in [0.25, 0.3) is 0 Å². The minimum Gasteiger partial charge on any atom is -0.464 e. The third-order valence-electron chi connectivity index (χ3n) is 3.47.